The van der Waals surface area contributed by atoms with Crippen molar-refractivity contribution in [3.8, 4) is 0 Å². The van der Waals surface area contributed by atoms with Gasteiger partial charge in [0, 0.05) is 50.3 Å². The van der Waals surface area contributed by atoms with Crippen molar-refractivity contribution in [2.24, 2.45) is 11.5 Å². The largest absolute Gasteiger partial charge is 0.463 e. The van der Waals surface area contributed by atoms with Crippen LogP contribution >= 0.6 is 11.6 Å². The molecular formula is C32H39ClF2N6O4. The Morgan fingerprint density at radius 1 is 1.07 bits per heavy atom. The standard InChI is InChI=1S/C32H39ClF2N6O4/c1-41(32(44)40-19-22-6-2-9-27(35)31(22)33)26(8-5-15-38-28(36)10-4-11-29(37)42)20-45-30(43)12-3-7-25-17-23-16-24(34)14-13-21(23)18-39-25/h2,6,9-10,13-14,16-18,26,38H,3-5,7-8,11-12,15,19-20,36H2,1H3,(H2,37,42)(H,40,44)/b28-10-/t26-/m0/s1. The minimum absolute atomic E-state index is 0.00983. The third kappa shape index (κ3) is 11.9. The predicted octanol–water partition coefficient (Wildman–Crippen LogP) is 4.68. The van der Waals surface area contributed by atoms with Gasteiger partial charge in [0.2, 0.25) is 5.91 Å². The lowest BCUT2D eigenvalue weighted by molar-refractivity contribution is -0.145. The van der Waals surface area contributed by atoms with Gasteiger partial charge < -0.3 is 31.7 Å². The Balaban J connectivity index is 1.52. The van der Waals surface area contributed by atoms with Gasteiger partial charge in [0.15, 0.2) is 0 Å². The smallest absolute Gasteiger partial charge is 0.317 e. The zero-order valence-electron chi connectivity index (χ0n) is 25.2. The van der Waals surface area contributed by atoms with E-state index in [0.717, 1.165) is 16.5 Å². The van der Waals surface area contributed by atoms with Gasteiger partial charge in [-0.15, -0.1) is 0 Å². The highest BCUT2D eigenvalue weighted by molar-refractivity contribution is 6.31. The van der Waals surface area contributed by atoms with Crippen LogP contribution in [0.15, 0.2) is 60.6 Å². The number of nitrogens with one attached hydrogen (secondary N) is 2. The van der Waals surface area contributed by atoms with Crippen LogP contribution in [0.1, 0.15) is 49.8 Å². The third-order valence-electron chi connectivity index (χ3n) is 7.12. The fourth-order valence-corrected chi connectivity index (χ4v) is 4.71. The lowest BCUT2D eigenvalue weighted by atomic mass is 10.1. The van der Waals surface area contributed by atoms with Crippen LogP contribution in [0.4, 0.5) is 13.6 Å². The maximum atomic E-state index is 13.8. The molecule has 6 N–H and O–H groups in total. The Hall–Kier alpha value is -4.45. The number of nitrogens with two attached hydrogens (primary N) is 2. The number of nitrogens with zero attached hydrogens (tertiary/aromatic N) is 2. The summed E-state index contributed by atoms with van der Waals surface area (Å²) < 4.78 is 32.9. The van der Waals surface area contributed by atoms with E-state index in [9.17, 15) is 23.2 Å². The number of likely N-dealkylation sites (N-methyl/N-ethyl adjacent to an activating group) is 1. The molecule has 3 aromatic rings. The van der Waals surface area contributed by atoms with Crippen LogP contribution < -0.4 is 22.1 Å². The van der Waals surface area contributed by atoms with Gasteiger partial charge in [-0.1, -0.05) is 23.7 Å². The van der Waals surface area contributed by atoms with Crippen molar-refractivity contribution in [1.82, 2.24) is 20.5 Å². The van der Waals surface area contributed by atoms with Crippen molar-refractivity contribution in [3.05, 3.63) is 88.5 Å². The van der Waals surface area contributed by atoms with Crippen LogP contribution in [0.25, 0.3) is 10.8 Å². The van der Waals surface area contributed by atoms with E-state index in [1.54, 1.807) is 37.5 Å². The van der Waals surface area contributed by atoms with Crippen LogP contribution in [0.3, 0.4) is 0 Å². The number of halogens is 3. The number of amides is 3. The molecule has 1 heterocycles. The van der Waals surface area contributed by atoms with Gasteiger partial charge in [-0.05, 0) is 79.5 Å². The number of hydrogen-bond donors (Lipinski definition) is 4. The highest BCUT2D eigenvalue weighted by Gasteiger charge is 2.22. The first-order chi connectivity index (χ1) is 21.5. The van der Waals surface area contributed by atoms with Gasteiger partial charge in [-0.25, -0.2) is 13.6 Å². The summed E-state index contributed by atoms with van der Waals surface area (Å²) in [6, 6.07) is 9.72. The molecular weight excluding hydrogens is 606 g/mol. The average Bonchev–Trinajstić information content (AvgIpc) is 3.00. The number of primary amides is 1. The molecule has 13 heteroatoms. The summed E-state index contributed by atoms with van der Waals surface area (Å²) in [5, 5.41) is 7.27. The molecule has 242 valence electrons. The molecule has 1 atom stereocenters. The number of fused-ring (bicyclic) bond motifs is 1. The number of hydrogen-bond acceptors (Lipinski definition) is 7. The quantitative estimate of drug-likeness (QED) is 0.123. The topological polar surface area (TPSA) is 153 Å². The second kappa shape index (κ2) is 17.7. The first kappa shape index (κ1) is 35.0. The Kier molecular flexibility index (Phi) is 13.8. The van der Waals surface area contributed by atoms with Crippen LogP contribution in [-0.2, 0) is 27.3 Å². The number of carbonyl (C=O) groups is 3. The first-order valence-electron chi connectivity index (χ1n) is 14.6. The first-order valence-corrected chi connectivity index (χ1v) is 15.0. The molecule has 3 amide bonds. The molecule has 0 radical (unpaired) electrons. The lowest BCUT2D eigenvalue weighted by Gasteiger charge is -2.28. The Morgan fingerprint density at radius 3 is 2.64 bits per heavy atom. The Labute approximate surface area is 266 Å². The second-order valence-corrected chi connectivity index (χ2v) is 11.0. The number of allylic oxidation sites excluding steroid dienone is 1. The van der Waals surface area contributed by atoms with E-state index >= 15 is 0 Å². The van der Waals surface area contributed by atoms with Crippen LogP contribution in [0, 0.1) is 11.6 Å². The molecule has 0 fully saturated rings. The number of esters is 1. The maximum Gasteiger partial charge on any atom is 0.317 e. The number of carbonyl (C=O) groups excluding carboxylic acids is 3. The summed E-state index contributed by atoms with van der Waals surface area (Å²) in [7, 11) is 1.58. The summed E-state index contributed by atoms with van der Waals surface area (Å²) in [5.74, 6) is -1.35. The van der Waals surface area contributed by atoms with Crippen molar-refractivity contribution in [3.63, 3.8) is 0 Å². The number of pyridine rings is 1. The van der Waals surface area contributed by atoms with Gasteiger partial charge in [0.05, 0.1) is 16.9 Å². The van der Waals surface area contributed by atoms with Crippen molar-refractivity contribution in [1.29, 1.82) is 0 Å². The number of benzene rings is 2. The predicted molar refractivity (Wildman–Crippen MR) is 169 cm³/mol. The van der Waals surface area contributed by atoms with Gasteiger partial charge in [0.1, 0.15) is 18.2 Å². The van der Waals surface area contributed by atoms with E-state index in [1.807, 2.05) is 0 Å². The van der Waals surface area contributed by atoms with E-state index in [1.165, 1.54) is 29.2 Å². The van der Waals surface area contributed by atoms with Gasteiger partial charge in [0.25, 0.3) is 0 Å². The minimum atomic E-state index is -0.581. The fraction of sp³-hybridized carbons (Fsp3) is 0.375. The summed E-state index contributed by atoms with van der Waals surface area (Å²) in [4.78, 5) is 42.3. The van der Waals surface area contributed by atoms with Crippen LogP contribution in [-0.4, -0.2) is 54.0 Å². The molecule has 45 heavy (non-hydrogen) atoms. The van der Waals surface area contributed by atoms with E-state index in [-0.39, 0.29) is 36.8 Å². The highest BCUT2D eigenvalue weighted by Crippen LogP contribution is 2.20. The number of aryl methyl sites for hydroxylation is 1. The molecule has 0 aliphatic heterocycles. The second-order valence-electron chi connectivity index (χ2n) is 10.6. The minimum Gasteiger partial charge on any atom is -0.463 e. The molecule has 0 aliphatic carbocycles. The van der Waals surface area contributed by atoms with E-state index < -0.39 is 29.8 Å². The van der Waals surface area contributed by atoms with Gasteiger partial charge in [-0.3, -0.25) is 14.6 Å². The SMILES string of the molecule is CN(C(=O)NCc1cccc(F)c1Cl)[C@@H](CCCN/C(N)=C\CCC(N)=O)COC(=O)CCCc1cc2cc(F)ccc2cn1. The normalized spacial score (nSPS) is 12.0. The molecule has 0 spiro atoms. The molecule has 0 unspecified atom stereocenters. The number of urea groups is 1. The van der Waals surface area contributed by atoms with Crippen molar-refractivity contribution < 1.29 is 27.9 Å². The third-order valence-corrected chi connectivity index (χ3v) is 7.54. The van der Waals surface area contributed by atoms with E-state index in [0.29, 0.717) is 50.0 Å². The number of rotatable bonds is 17. The van der Waals surface area contributed by atoms with Crippen molar-refractivity contribution in [2.75, 3.05) is 20.2 Å². The summed E-state index contributed by atoms with van der Waals surface area (Å²) in [6.45, 7) is 0.442. The average molecular weight is 645 g/mol. The summed E-state index contributed by atoms with van der Waals surface area (Å²) in [5.41, 5.74) is 12.2. The number of aromatic nitrogens is 1. The monoisotopic (exact) mass is 644 g/mol. The van der Waals surface area contributed by atoms with Crippen molar-refractivity contribution in [2.45, 2.75) is 57.5 Å². The van der Waals surface area contributed by atoms with E-state index in [4.69, 9.17) is 27.8 Å². The zero-order chi connectivity index (χ0) is 32.8. The summed E-state index contributed by atoms with van der Waals surface area (Å²) >= 11 is 6.01. The maximum absolute atomic E-state index is 13.8. The number of ether oxygens (including phenoxy) is 1. The molecule has 1 aromatic heterocycles. The van der Waals surface area contributed by atoms with E-state index in [2.05, 4.69) is 15.6 Å². The molecule has 2 aromatic carbocycles. The molecule has 0 bridgehead atoms. The molecule has 0 saturated heterocycles. The Bertz CT molecular complexity index is 1510. The Morgan fingerprint density at radius 2 is 1.87 bits per heavy atom. The fourth-order valence-electron chi connectivity index (χ4n) is 4.52. The van der Waals surface area contributed by atoms with Crippen molar-refractivity contribution >= 4 is 40.3 Å². The van der Waals surface area contributed by atoms with Gasteiger partial charge >= 0.3 is 12.0 Å². The van der Waals surface area contributed by atoms with Crippen LogP contribution in [0.5, 0.6) is 0 Å². The lowest BCUT2D eigenvalue weighted by Crippen LogP contribution is -2.46. The molecule has 3 rings (SSSR count). The molecule has 0 aliphatic rings. The summed E-state index contributed by atoms with van der Waals surface area (Å²) in [6.07, 6.45) is 6.13. The zero-order valence-corrected chi connectivity index (χ0v) is 25.9. The molecule has 10 nitrogen and oxygen atoms in total. The van der Waals surface area contributed by atoms with Gasteiger partial charge in [-0.2, -0.15) is 0 Å². The van der Waals surface area contributed by atoms with Crippen LogP contribution in [0.2, 0.25) is 5.02 Å². The highest BCUT2D eigenvalue weighted by atomic mass is 35.5. The molecule has 0 saturated carbocycles.